The van der Waals surface area contributed by atoms with Gasteiger partial charge >= 0.3 is 0 Å². The molecule has 0 saturated heterocycles. The van der Waals surface area contributed by atoms with E-state index < -0.39 is 0 Å². The Hall–Kier alpha value is 1.19. The van der Waals surface area contributed by atoms with Gasteiger partial charge < -0.3 is 31.7 Å². The summed E-state index contributed by atoms with van der Waals surface area (Å²) in [7, 11) is 0. The predicted octanol–water partition coefficient (Wildman–Crippen LogP) is -2.73. The van der Waals surface area contributed by atoms with Crippen molar-refractivity contribution in [3.63, 3.8) is 0 Å². The summed E-state index contributed by atoms with van der Waals surface area (Å²) in [6, 6.07) is 0. The van der Waals surface area contributed by atoms with Crippen LogP contribution in [0.25, 0.3) is 0 Å². The molecular formula is C6H22O6Ti2. The number of hydrogen-bond acceptors (Lipinski definition) is 3. The molecule has 0 heterocycles. The van der Waals surface area contributed by atoms with E-state index in [1.807, 2.05) is 0 Å². The minimum Gasteiger partial charge on any atom is -0.412 e. The second-order valence-electron chi connectivity index (χ2n) is 1.52. The van der Waals surface area contributed by atoms with Crippen LogP contribution in [-0.2, 0) is 43.4 Å². The Morgan fingerprint density at radius 3 is 1.00 bits per heavy atom. The average molecular weight is 286 g/mol. The molecule has 0 aromatic carbocycles. The van der Waals surface area contributed by atoms with E-state index >= 15 is 0 Å². The molecule has 9 N–H and O–H groups in total. The molecule has 6 nitrogen and oxygen atoms in total. The molecule has 0 fully saturated rings. The van der Waals surface area contributed by atoms with E-state index in [2.05, 4.69) is 6.92 Å². The Labute approximate surface area is 114 Å². The number of aliphatic hydroxyl groups is 3. The van der Waals surface area contributed by atoms with Gasteiger partial charge in [0.15, 0.2) is 0 Å². The van der Waals surface area contributed by atoms with Gasteiger partial charge in [-0.2, -0.15) is 0 Å². The van der Waals surface area contributed by atoms with Gasteiger partial charge in [0.25, 0.3) is 0 Å². The van der Waals surface area contributed by atoms with Gasteiger partial charge in [-0.15, -0.1) is 0 Å². The second-order valence-corrected chi connectivity index (χ2v) is 1.52. The van der Waals surface area contributed by atoms with Gasteiger partial charge in [0.1, 0.15) is 0 Å². The molecule has 0 amide bonds. The van der Waals surface area contributed by atoms with Crippen molar-refractivity contribution >= 4 is 0 Å². The molecule has 0 bridgehead atoms. The maximum absolute atomic E-state index is 8.07. The van der Waals surface area contributed by atoms with E-state index in [1.54, 1.807) is 0 Å². The molecule has 8 heteroatoms. The van der Waals surface area contributed by atoms with Crippen molar-refractivity contribution in [2.75, 3.05) is 19.8 Å². The summed E-state index contributed by atoms with van der Waals surface area (Å²) in [4.78, 5) is 0. The van der Waals surface area contributed by atoms with Gasteiger partial charge in [0.2, 0.25) is 0 Å². The fourth-order valence-electron chi connectivity index (χ4n) is 0.158. The fraction of sp³-hybridized carbons (Fsp3) is 1.00. The predicted molar refractivity (Wildman–Crippen MR) is 47.0 cm³/mol. The van der Waals surface area contributed by atoms with Crippen LogP contribution in [0.1, 0.15) is 19.8 Å². The van der Waals surface area contributed by atoms with Crippen molar-refractivity contribution < 1.29 is 75.2 Å². The minimum atomic E-state index is -0.125. The molecular weight excluding hydrogens is 264 g/mol. The van der Waals surface area contributed by atoms with Crippen LogP contribution in [0.3, 0.4) is 0 Å². The first-order valence-corrected chi connectivity index (χ1v) is 3.16. The van der Waals surface area contributed by atoms with Crippen LogP contribution in [-0.4, -0.2) is 51.6 Å². The third kappa shape index (κ3) is 112. The normalized spacial score (nSPS) is 5.14. The Balaban J connectivity index is -0.0000000104. The van der Waals surface area contributed by atoms with Gasteiger partial charge in [-0.05, 0) is 6.42 Å². The molecule has 0 aromatic rings. The first-order valence-electron chi connectivity index (χ1n) is 3.16. The molecule has 0 atom stereocenters. The minimum absolute atomic E-state index is 0. The maximum atomic E-state index is 8.07. The zero-order chi connectivity index (χ0) is 7.54. The average Bonchev–Trinajstić information content (AvgIpc) is 1.91. The van der Waals surface area contributed by atoms with Gasteiger partial charge in [-0.25, -0.2) is 0 Å². The Morgan fingerprint density at radius 2 is 1.00 bits per heavy atom. The smallest absolute Gasteiger partial charge is 0.0662 e. The summed E-state index contributed by atoms with van der Waals surface area (Å²) in [5.74, 6) is 0. The zero-order valence-electron chi connectivity index (χ0n) is 8.38. The third-order valence-electron chi connectivity index (χ3n) is 0.612. The van der Waals surface area contributed by atoms with E-state index in [0.717, 1.165) is 12.8 Å². The molecule has 0 rings (SSSR count). The first kappa shape index (κ1) is 45.6. The number of hydrogen-bond donors (Lipinski definition) is 3. The van der Waals surface area contributed by atoms with Crippen molar-refractivity contribution in [1.82, 2.24) is 0 Å². The van der Waals surface area contributed by atoms with Crippen molar-refractivity contribution in [2.45, 2.75) is 19.8 Å². The number of rotatable bonds is 3. The van der Waals surface area contributed by atoms with Crippen LogP contribution in [0.4, 0.5) is 0 Å². The molecule has 0 aromatic heterocycles. The SMILES string of the molecule is CCCCO.O.O.O.OCCO.[Ti].[Ti]. The molecule has 0 aliphatic rings. The molecule has 0 unspecified atom stereocenters. The van der Waals surface area contributed by atoms with Crippen LogP contribution < -0.4 is 0 Å². The molecule has 0 spiro atoms. The van der Waals surface area contributed by atoms with Gasteiger partial charge in [0, 0.05) is 50.0 Å². The Kier molecular flexibility index (Phi) is 210. The van der Waals surface area contributed by atoms with Crippen molar-refractivity contribution in [1.29, 1.82) is 0 Å². The van der Waals surface area contributed by atoms with E-state index in [-0.39, 0.29) is 73.1 Å². The van der Waals surface area contributed by atoms with Crippen LogP contribution in [0.5, 0.6) is 0 Å². The third-order valence-corrected chi connectivity index (χ3v) is 0.612. The number of unbranched alkanes of at least 4 members (excludes halogenated alkanes) is 1. The molecule has 0 aliphatic carbocycles. The summed E-state index contributed by atoms with van der Waals surface area (Å²) in [6.07, 6.45) is 2.04. The summed E-state index contributed by atoms with van der Waals surface area (Å²) in [6.45, 7) is 2.15. The summed E-state index contributed by atoms with van der Waals surface area (Å²) >= 11 is 0. The van der Waals surface area contributed by atoms with Crippen LogP contribution in [0.15, 0.2) is 0 Å². The van der Waals surface area contributed by atoms with Gasteiger partial charge in [-0.3, -0.25) is 0 Å². The quantitative estimate of drug-likeness (QED) is 0.482. The summed E-state index contributed by atoms with van der Waals surface area (Å²) in [5.41, 5.74) is 0. The van der Waals surface area contributed by atoms with Crippen molar-refractivity contribution in [3.05, 3.63) is 0 Å². The van der Waals surface area contributed by atoms with E-state index in [9.17, 15) is 0 Å². The maximum Gasteiger partial charge on any atom is 0.0662 e. The monoisotopic (exact) mass is 286 g/mol. The van der Waals surface area contributed by atoms with Crippen molar-refractivity contribution in [3.8, 4) is 0 Å². The van der Waals surface area contributed by atoms with Gasteiger partial charge in [-0.1, -0.05) is 13.3 Å². The van der Waals surface area contributed by atoms with E-state index in [1.165, 1.54) is 0 Å². The molecule has 14 heavy (non-hydrogen) atoms. The summed E-state index contributed by atoms with van der Waals surface area (Å²) < 4.78 is 0. The Morgan fingerprint density at radius 1 is 0.714 bits per heavy atom. The van der Waals surface area contributed by atoms with E-state index in [0.29, 0.717) is 6.61 Å². The number of aliphatic hydroxyl groups excluding tert-OH is 3. The van der Waals surface area contributed by atoms with Crippen LogP contribution in [0, 0.1) is 0 Å². The molecule has 0 saturated carbocycles. The summed E-state index contributed by atoms with van der Waals surface area (Å²) in [5, 5.41) is 23.3. The van der Waals surface area contributed by atoms with Crippen LogP contribution in [0.2, 0.25) is 0 Å². The fourth-order valence-corrected chi connectivity index (χ4v) is 0.158. The molecule has 0 aliphatic heterocycles. The largest absolute Gasteiger partial charge is 0.412 e. The molecule has 0 radical (unpaired) electrons. The van der Waals surface area contributed by atoms with Crippen molar-refractivity contribution in [2.24, 2.45) is 0 Å². The van der Waals surface area contributed by atoms with Gasteiger partial charge in [0.05, 0.1) is 13.2 Å². The standard InChI is InChI=1S/C4H10O.C2H6O2.3H2O.2Ti/c1-2-3-4-5;3-1-2-4;;;;;/h5H,2-4H2,1H3;3-4H,1-2H2;3*1H2;;. The molecule has 90 valence electrons. The zero-order valence-corrected chi connectivity index (χ0v) is 11.5. The van der Waals surface area contributed by atoms with Crippen LogP contribution >= 0.6 is 0 Å². The van der Waals surface area contributed by atoms with E-state index in [4.69, 9.17) is 15.3 Å². The topological polar surface area (TPSA) is 155 Å². The Bertz CT molecular complexity index is 39.5. The first-order chi connectivity index (χ1) is 4.33. The second kappa shape index (κ2) is 64.4.